The number of carbonyl (C=O) groups excluding carboxylic acids is 1. The molecule has 0 aliphatic rings. The second kappa shape index (κ2) is 8.97. The Morgan fingerprint density at radius 3 is 2.75 bits per heavy atom. The van der Waals surface area contributed by atoms with E-state index in [-0.39, 0.29) is 21.6 Å². The maximum atomic E-state index is 14.2. The molecule has 0 spiro atoms. The molecule has 6 nitrogen and oxygen atoms in total. The number of carbonyl (C=O) groups is 1. The minimum Gasteiger partial charge on any atom is -0.337 e. The van der Waals surface area contributed by atoms with Crippen molar-refractivity contribution in [3.63, 3.8) is 0 Å². The fourth-order valence-electron chi connectivity index (χ4n) is 2.45. The average Bonchev–Trinajstić information content (AvgIpc) is 2.66. The van der Waals surface area contributed by atoms with E-state index in [4.69, 9.17) is 23.2 Å². The summed E-state index contributed by atoms with van der Waals surface area (Å²) in [6.07, 6.45) is 4.50. The molecule has 0 saturated carbocycles. The van der Waals surface area contributed by atoms with Crippen LogP contribution in [0.3, 0.4) is 0 Å². The van der Waals surface area contributed by atoms with E-state index in [1.165, 1.54) is 18.5 Å². The number of rotatable bonds is 6. The Hall–Kier alpha value is -2.74. The number of hydrogen-bond acceptors (Lipinski definition) is 5. The highest BCUT2D eigenvalue weighted by Crippen LogP contribution is 2.31. The molecule has 28 heavy (non-hydrogen) atoms. The van der Waals surface area contributed by atoms with Crippen LogP contribution in [0.1, 0.15) is 0 Å². The number of fused-ring (bicyclic) bond motifs is 1. The van der Waals surface area contributed by atoms with E-state index < -0.39 is 5.82 Å². The van der Waals surface area contributed by atoms with Crippen molar-refractivity contribution in [2.45, 2.75) is 0 Å². The van der Waals surface area contributed by atoms with Crippen LogP contribution in [0.4, 0.5) is 21.6 Å². The van der Waals surface area contributed by atoms with Crippen LogP contribution in [0.15, 0.2) is 48.8 Å². The highest BCUT2D eigenvalue weighted by molar-refractivity contribution is 6.42. The summed E-state index contributed by atoms with van der Waals surface area (Å²) < 4.78 is 14.2. The lowest BCUT2D eigenvalue weighted by molar-refractivity contribution is -0.111. The summed E-state index contributed by atoms with van der Waals surface area (Å²) in [6.45, 7) is 0.586. The predicted octanol–water partition coefficient (Wildman–Crippen LogP) is 4.53. The van der Waals surface area contributed by atoms with Crippen LogP contribution in [0.25, 0.3) is 10.9 Å². The lowest BCUT2D eigenvalue weighted by Gasteiger charge is -2.11. The second-order valence-corrected chi connectivity index (χ2v) is 6.59. The second-order valence-electron chi connectivity index (χ2n) is 5.77. The molecule has 0 aliphatic carbocycles. The predicted molar refractivity (Wildman–Crippen MR) is 111 cm³/mol. The molecule has 3 rings (SSSR count). The smallest absolute Gasteiger partial charge is 0.248 e. The number of nitrogens with one attached hydrogen (secondary N) is 3. The van der Waals surface area contributed by atoms with Gasteiger partial charge in [0.05, 0.1) is 21.2 Å². The normalized spacial score (nSPS) is 11.1. The summed E-state index contributed by atoms with van der Waals surface area (Å²) in [7, 11) is 1.79. The van der Waals surface area contributed by atoms with Gasteiger partial charge in [-0.25, -0.2) is 14.4 Å². The molecular formula is C19H16Cl2FN5O. The van der Waals surface area contributed by atoms with Gasteiger partial charge in [0.2, 0.25) is 5.91 Å². The van der Waals surface area contributed by atoms with Crippen LogP contribution >= 0.6 is 23.2 Å². The van der Waals surface area contributed by atoms with Crippen molar-refractivity contribution in [2.24, 2.45) is 0 Å². The molecule has 2 aromatic carbocycles. The summed E-state index contributed by atoms with van der Waals surface area (Å²) in [5, 5.41) is 9.51. The van der Waals surface area contributed by atoms with Gasteiger partial charge in [0.1, 0.15) is 18.0 Å². The fraction of sp³-hybridized carbons (Fsp3) is 0.105. The number of anilines is 3. The lowest BCUT2D eigenvalue weighted by atomic mass is 10.2. The first-order valence-corrected chi connectivity index (χ1v) is 9.02. The molecule has 1 amide bonds. The van der Waals surface area contributed by atoms with Crippen molar-refractivity contribution in [3.05, 3.63) is 64.7 Å². The molecule has 1 heterocycles. The first-order valence-electron chi connectivity index (χ1n) is 8.26. The van der Waals surface area contributed by atoms with E-state index in [9.17, 15) is 9.18 Å². The minimum absolute atomic E-state index is 0.119. The first kappa shape index (κ1) is 20.0. The van der Waals surface area contributed by atoms with Gasteiger partial charge >= 0.3 is 0 Å². The van der Waals surface area contributed by atoms with E-state index in [0.29, 0.717) is 29.0 Å². The Bertz CT molecular complexity index is 1060. The number of aromatic nitrogens is 2. The SMILES string of the molecule is CNCC=CC(=O)Nc1ccc2ncnc(Nc3cc(Cl)c(Cl)cc3F)c2c1. The van der Waals surface area contributed by atoms with Gasteiger partial charge in [-0.1, -0.05) is 29.3 Å². The summed E-state index contributed by atoms with van der Waals surface area (Å²) in [5.41, 5.74) is 1.31. The molecule has 3 N–H and O–H groups in total. The average molecular weight is 420 g/mol. The standard InChI is InChI=1S/C19H16Cl2FN5O/c1-23-6-2-3-18(28)26-11-4-5-16-12(7-11)19(25-10-24-16)27-17-9-14(21)13(20)8-15(17)22/h2-5,7-10,23H,6H2,1H3,(H,26,28)(H,24,25,27). The molecule has 9 heteroatoms. The number of hydrogen-bond donors (Lipinski definition) is 3. The minimum atomic E-state index is -0.569. The Morgan fingerprint density at radius 1 is 1.18 bits per heavy atom. The molecular weight excluding hydrogens is 404 g/mol. The molecule has 144 valence electrons. The lowest BCUT2D eigenvalue weighted by Crippen LogP contribution is -2.10. The zero-order chi connectivity index (χ0) is 20.1. The number of likely N-dealkylation sites (N-methyl/N-ethyl adjacent to an activating group) is 1. The number of nitrogens with zero attached hydrogens (tertiary/aromatic N) is 2. The Kier molecular flexibility index (Phi) is 6.41. The van der Waals surface area contributed by atoms with Crippen molar-refractivity contribution < 1.29 is 9.18 Å². The third-order valence-electron chi connectivity index (χ3n) is 3.76. The van der Waals surface area contributed by atoms with Crippen molar-refractivity contribution >= 4 is 57.2 Å². The summed E-state index contributed by atoms with van der Waals surface area (Å²) in [5.74, 6) is -0.471. The molecule has 0 fully saturated rings. The first-order chi connectivity index (χ1) is 13.5. The zero-order valence-corrected chi connectivity index (χ0v) is 16.3. The van der Waals surface area contributed by atoms with E-state index in [1.807, 2.05) is 0 Å². The van der Waals surface area contributed by atoms with Crippen molar-refractivity contribution in [1.29, 1.82) is 0 Å². The number of benzene rings is 2. The van der Waals surface area contributed by atoms with Crippen LogP contribution in [-0.4, -0.2) is 29.5 Å². The summed E-state index contributed by atoms with van der Waals surface area (Å²) in [4.78, 5) is 20.3. The third-order valence-corrected chi connectivity index (χ3v) is 4.48. The molecule has 1 aromatic heterocycles. The largest absolute Gasteiger partial charge is 0.337 e. The molecule has 0 atom stereocenters. The van der Waals surface area contributed by atoms with Crippen molar-refractivity contribution in [1.82, 2.24) is 15.3 Å². The highest BCUT2D eigenvalue weighted by atomic mass is 35.5. The monoisotopic (exact) mass is 419 g/mol. The van der Waals surface area contributed by atoms with Gasteiger partial charge in [-0.3, -0.25) is 4.79 Å². The fourth-order valence-corrected chi connectivity index (χ4v) is 2.76. The highest BCUT2D eigenvalue weighted by Gasteiger charge is 2.11. The third kappa shape index (κ3) is 4.75. The van der Waals surface area contributed by atoms with E-state index in [1.54, 1.807) is 31.3 Å². The Labute approximate surface area is 170 Å². The van der Waals surface area contributed by atoms with E-state index in [0.717, 1.165) is 6.07 Å². The topological polar surface area (TPSA) is 78.9 Å². The van der Waals surface area contributed by atoms with Gasteiger partial charge in [-0.2, -0.15) is 0 Å². The molecule has 0 radical (unpaired) electrons. The van der Waals surface area contributed by atoms with E-state index >= 15 is 0 Å². The number of halogens is 3. The number of amides is 1. The van der Waals surface area contributed by atoms with Crippen molar-refractivity contribution in [3.8, 4) is 0 Å². The van der Waals surface area contributed by atoms with Crippen LogP contribution in [0, 0.1) is 5.82 Å². The summed E-state index contributed by atoms with van der Waals surface area (Å²) in [6, 6.07) is 7.67. The van der Waals surface area contributed by atoms with Crippen LogP contribution in [0.2, 0.25) is 10.0 Å². The summed E-state index contributed by atoms with van der Waals surface area (Å²) >= 11 is 11.8. The van der Waals surface area contributed by atoms with Gasteiger partial charge in [0, 0.05) is 23.7 Å². The van der Waals surface area contributed by atoms with Crippen LogP contribution in [0.5, 0.6) is 0 Å². The van der Waals surface area contributed by atoms with Gasteiger partial charge in [-0.05, 0) is 37.4 Å². The van der Waals surface area contributed by atoms with Gasteiger partial charge in [0.25, 0.3) is 0 Å². The maximum Gasteiger partial charge on any atom is 0.248 e. The molecule has 0 saturated heterocycles. The van der Waals surface area contributed by atoms with Gasteiger partial charge in [0.15, 0.2) is 0 Å². The van der Waals surface area contributed by atoms with Gasteiger partial charge < -0.3 is 16.0 Å². The molecule has 0 unspecified atom stereocenters. The molecule has 3 aromatic rings. The van der Waals surface area contributed by atoms with E-state index in [2.05, 4.69) is 25.9 Å². The maximum absolute atomic E-state index is 14.2. The Balaban J connectivity index is 1.91. The van der Waals surface area contributed by atoms with Gasteiger partial charge in [-0.15, -0.1) is 0 Å². The molecule has 0 aliphatic heterocycles. The van der Waals surface area contributed by atoms with Crippen molar-refractivity contribution in [2.75, 3.05) is 24.2 Å². The molecule has 0 bridgehead atoms. The van der Waals surface area contributed by atoms with Crippen LogP contribution in [-0.2, 0) is 4.79 Å². The zero-order valence-electron chi connectivity index (χ0n) is 14.8. The quantitative estimate of drug-likeness (QED) is 0.403. The Morgan fingerprint density at radius 2 is 1.96 bits per heavy atom. The van der Waals surface area contributed by atoms with Crippen LogP contribution < -0.4 is 16.0 Å².